The Morgan fingerprint density at radius 2 is 2.10 bits per heavy atom. The van der Waals surface area contributed by atoms with Gasteiger partial charge in [-0.2, -0.15) is 0 Å². The summed E-state index contributed by atoms with van der Waals surface area (Å²) in [6.07, 6.45) is 3.58. The van der Waals surface area contributed by atoms with E-state index >= 15 is 0 Å². The molecule has 102 valence electrons. The van der Waals surface area contributed by atoms with Crippen molar-refractivity contribution >= 4 is 28.6 Å². The number of rotatable bonds is 3. The van der Waals surface area contributed by atoms with Gasteiger partial charge in [-0.15, -0.1) is 0 Å². The first-order valence-corrected chi connectivity index (χ1v) is 6.33. The van der Waals surface area contributed by atoms with Crippen LogP contribution in [-0.2, 0) is 0 Å². The number of anilines is 1. The summed E-state index contributed by atoms with van der Waals surface area (Å²) in [5, 5.41) is 15.3. The number of carbonyl (C=O) groups is 2. The predicted molar refractivity (Wildman–Crippen MR) is 73.9 cm³/mol. The number of aromatic nitrogens is 1. The van der Waals surface area contributed by atoms with Crippen molar-refractivity contribution in [2.24, 2.45) is 0 Å². The molecule has 0 spiro atoms. The van der Waals surface area contributed by atoms with Crippen LogP contribution in [0.4, 0.5) is 10.5 Å². The SMILES string of the molecule is O=C(Nc1cc(C(=O)O)cc2cccnc12)NC1CC1. The average Bonchev–Trinajstić information content (AvgIpc) is 3.22. The molecule has 0 radical (unpaired) electrons. The summed E-state index contributed by atoms with van der Waals surface area (Å²) < 4.78 is 0. The standard InChI is InChI=1S/C14H13N3O3/c18-13(19)9-6-8-2-1-5-15-12(8)11(7-9)17-14(20)16-10-3-4-10/h1-2,5-7,10H,3-4H2,(H,18,19)(H2,16,17,20). The van der Waals surface area contributed by atoms with Crippen molar-refractivity contribution in [3.05, 3.63) is 36.0 Å². The fourth-order valence-electron chi connectivity index (χ4n) is 1.98. The number of aromatic carboxylic acids is 1. The number of carbonyl (C=O) groups excluding carboxylic acids is 1. The van der Waals surface area contributed by atoms with Gasteiger partial charge in [0.25, 0.3) is 0 Å². The first kappa shape index (κ1) is 12.4. The Bertz CT molecular complexity index is 695. The molecule has 1 fully saturated rings. The minimum Gasteiger partial charge on any atom is -0.478 e. The van der Waals surface area contributed by atoms with Gasteiger partial charge in [0.15, 0.2) is 0 Å². The summed E-state index contributed by atoms with van der Waals surface area (Å²) in [6.45, 7) is 0. The molecule has 2 aromatic rings. The van der Waals surface area contributed by atoms with E-state index in [0.29, 0.717) is 16.6 Å². The fraction of sp³-hybridized carbons (Fsp3) is 0.214. The Labute approximate surface area is 114 Å². The summed E-state index contributed by atoms with van der Waals surface area (Å²) in [7, 11) is 0. The number of nitrogens with zero attached hydrogens (tertiary/aromatic N) is 1. The maximum Gasteiger partial charge on any atom is 0.335 e. The highest BCUT2D eigenvalue weighted by atomic mass is 16.4. The van der Waals surface area contributed by atoms with E-state index in [4.69, 9.17) is 5.11 Å². The van der Waals surface area contributed by atoms with Gasteiger partial charge in [-0.05, 0) is 31.0 Å². The van der Waals surface area contributed by atoms with Gasteiger partial charge < -0.3 is 15.7 Å². The number of carboxylic acids is 1. The molecule has 0 bridgehead atoms. The first-order valence-electron chi connectivity index (χ1n) is 6.33. The quantitative estimate of drug-likeness (QED) is 0.798. The molecule has 1 aliphatic rings. The van der Waals surface area contributed by atoms with E-state index in [-0.39, 0.29) is 17.6 Å². The molecule has 0 saturated heterocycles. The molecule has 6 heteroatoms. The topological polar surface area (TPSA) is 91.3 Å². The van der Waals surface area contributed by atoms with E-state index in [1.807, 2.05) is 0 Å². The summed E-state index contributed by atoms with van der Waals surface area (Å²) in [4.78, 5) is 27.1. The Balaban J connectivity index is 1.97. The number of urea groups is 1. The summed E-state index contributed by atoms with van der Waals surface area (Å²) in [5.41, 5.74) is 1.09. The molecule has 2 amide bonds. The smallest absolute Gasteiger partial charge is 0.335 e. The van der Waals surface area contributed by atoms with Crippen LogP contribution in [0.3, 0.4) is 0 Å². The van der Waals surface area contributed by atoms with Gasteiger partial charge in [0.05, 0.1) is 16.8 Å². The Hall–Kier alpha value is -2.63. The predicted octanol–water partition coefficient (Wildman–Crippen LogP) is 2.22. The Kier molecular flexibility index (Phi) is 2.98. The molecule has 3 N–H and O–H groups in total. The van der Waals surface area contributed by atoms with Crippen molar-refractivity contribution in [2.75, 3.05) is 5.32 Å². The lowest BCUT2D eigenvalue weighted by Crippen LogP contribution is -2.30. The van der Waals surface area contributed by atoms with Crippen LogP contribution in [0.15, 0.2) is 30.5 Å². The molecule has 20 heavy (non-hydrogen) atoms. The highest BCUT2D eigenvalue weighted by molar-refractivity contribution is 6.04. The van der Waals surface area contributed by atoms with Crippen LogP contribution in [0, 0.1) is 0 Å². The zero-order valence-electron chi connectivity index (χ0n) is 10.6. The normalized spacial score (nSPS) is 14.0. The van der Waals surface area contributed by atoms with Crippen LogP contribution in [0.5, 0.6) is 0 Å². The van der Waals surface area contributed by atoms with Gasteiger partial charge in [0.1, 0.15) is 0 Å². The number of carboxylic acid groups (broad SMARTS) is 1. The molecule has 1 saturated carbocycles. The second kappa shape index (κ2) is 4.80. The van der Waals surface area contributed by atoms with Crippen molar-refractivity contribution in [1.29, 1.82) is 0 Å². The molecule has 0 atom stereocenters. The van der Waals surface area contributed by atoms with Gasteiger partial charge in [-0.3, -0.25) is 4.98 Å². The molecule has 6 nitrogen and oxygen atoms in total. The maximum atomic E-state index is 11.8. The number of fused-ring (bicyclic) bond motifs is 1. The first-order chi connectivity index (χ1) is 9.63. The number of amides is 2. The van der Waals surface area contributed by atoms with Crippen molar-refractivity contribution < 1.29 is 14.7 Å². The maximum absolute atomic E-state index is 11.8. The number of pyridine rings is 1. The van der Waals surface area contributed by atoms with E-state index in [9.17, 15) is 9.59 Å². The molecule has 0 aliphatic heterocycles. The van der Waals surface area contributed by atoms with Gasteiger partial charge in [0, 0.05) is 17.6 Å². The van der Waals surface area contributed by atoms with E-state index in [1.54, 1.807) is 18.3 Å². The molecule has 3 rings (SSSR count). The monoisotopic (exact) mass is 271 g/mol. The molecular formula is C14H13N3O3. The molecule has 1 aliphatic carbocycles. The molecule has 1 aromatic heterocycles. The highest BCUT2D eigenvalue weighted by Crippen LogP contribution is 2.24. The fourth-order valence-corrected chi connectivity index (χ4v) is 1.98. The van der Waals surface area contributed by atoms with E-state index in [0.717, 1.165) is 12.8 Å². The van der Waals surface area contributed by atoms with Gasteiger partial charge in [-0.25, -0.2) is 9.59 Å². The van der Waals surface area contributed by atoms with Gasteiger partial charge >= 0.3 is 12.0 Å². The van der Waals surface area contributed by atoms with Crippen LogP contribution in [0.2, 0.25) is 0 Å². The summed E-state index contributed by atoms with van der Waals surface area (Å²) >= 11 is 0. The lowest BCUT2D eigenvalue weighted by atomic mass is 10.1. The summed E-state index contributed by atoms with van der Waals surface area (Å²) in [5.74, 6) is -1.04. The lowest BCUT2D eigenvalue weighted by Gasteiger charge is -2.10. The average molecular weight is 271 g/mol. The Morgan fingerprint density at radius 1 is 1.30 bits per heavy atom. The summed E-state index contributed by atoms with van der Waals surface area (Å²) in [6, 6.07) is 6.35. The van der Waals surface area contributed by atoms with Crippen LogP contribution < -0.4 is 10.6 Å². The van der Waals surface area contributed by atoms with Crippen LogP contribution in [0.25, 0.3) is 10.9 Å². The highest BCUT2D eigenvalue weighted by Gasteiger charge is 2.23. The number of hydrogen-bond donors (Lipinski definition) is 3. The van der Waals surface area contributed by atoms with E-state index < -0.39 is 5.97 Å². The van der Waals surface area contributed by atoms with Crippen molar-refractivity contribution in [2.45, 2.75) is 18.9 Å². The van der Waals surface area contributed by atoms with Gasteiger partial charge in [0.2, 0.25) is 0 Å². The van der Waals surface area contributed by atoms with E-state index in [2.05, 4.69) is 15.6 Å². The van der Waals surface area contributed by atoms with Crippen molar-refractivity contribution in [1.82, 2.24) is 10.3 Å². The van der Waals surface area contributed by atoms with Crippen molar-refractivity contribution in [3.63, 3.8) is 0 Å². The van der Waals surface area contributed by atoms with Crippen LogP contribution in [0.1, 0.15) is 23.2 Å². The zero-order chi connectivity index (χ0) is 14.1. The number of hydrogen-bond acceptors (Lipinski definition) is 3. The van der Waals surface area contributed by atoms with Gasteiger partial charge in [-0.1, -0.05) is 6.07 Å². The minimum atomic E-state index is -1.04. The second-order valence-corrected chi connectivity index (χ2v) is 4.78. The van der Waals surface area contributed by atoms with Crippen LogP contribution in [-0.4, -0.2) is 28.1 Å². The zero-order valence-corrected chi connectivity index (χ0v) is 10.6. The number of benzene rings is 1. The van der Waals surface area contributed by atoms with Crippen LogP contribution >= 0.6 is 0 Å². The molecular weight excluding hydrogens is 258 g/mol. The molecule has 0 unspecified atom stereocenters. The lowest BCUT2D eigenvalue weighted by molar-refractivity contribution is 0.0697. The molecule has 1 heterocycles. The Morgan fingerprint density at radius 3 is 2.80 bits per heavy atom. The second-order valence-electron chi connectivity index (χ2n) is 4.78. The van der Waals surface area contributed by atoms with Crippen molar-refractivity contribution in [3.8, 4) is 0 Å². The number of nitrogens with one attached hydrogen (secondary N) is 2. The minimum absolute atomic E-state index is 0.118. The largest absolute Gasteiger partial charge is 0.478 e. The third-order valence-corrected chi connectivity index (χ3v) is 3.11. The third kappa shape index (κ3) is 2.54. The third-order valence-electron chi connectivity index (χ3n) is 3.11. The van der Waals surface area contributed by atoms with E-state index in [1.165, 1.54) is 12.1 Å². The molecule has 1 aromatic carbocycles.